The molecule has 29 heavy (non-hydrogen) atoms. The van der Waals surface area contributed by atoms with Gasteiger partial charge in [0.2, 0.25) is 0 Å². The number of phenols is 1. The molecular formula is C24H23N3O2. The molecule has 1 aliphatic rings. The topological polar surface area (TPSA) is 50.5 Å². The molecule has 0 saturated carbocycles. The molecular weight excluding hydrogens is 362 g/mol. The minimum atomic E-state index is 0.222. The molecule has 1 aliphatic heterocycles. The van der Waals surface area contributed by atoms with Crippen molar-refractivity contribution < 1.29 is 9.84 Å². The quantitative estimate of drug-likeness (QED) is 0.569. The maximum Gasteiger partial charge on any atom is 0.160 e. The lowest BCUT2D eigenvalue weighted by Crippen LogP contribution is -2.30. The van der Waals surface area contributed by atoms with Crippen LogP contribution in [0.25, 0.3) is 16.7 Å². The molecule has 0 unspecified atom stereocenters. The Balaban J connectivity index is 1.39. The summed E-state index contributed by atoms with van der Waals surface area (Å²) in [5.41, 5.74) is 6.95. The van der Waals surface area contributed by atoms with Gasteiger partial charge in [0, 0.05) is 25.3 Å². The number of rotatable bonds is 4. The molecule has 1 aromatic heterocycles. The van der Waals surface area contributed by atoms with Crippen molar-refractivity contribution in [3.8, 4) is 17.2 Å². The van der Waals surface area contributed by atoms with Crippen molar-refractivity contribution in [1.82, 2.24) is 14.5 Å². The third-order valence-corrected chi connectivity index (χ3v) is 5.64. The van der Waals surface area contributed by atoms with Gasteiger partial charge in [0.25, 0.3) is 0 Å². The molecule has 0 bridgehead atoms. The number of aromatic hydroxyl groups is 1. The van der Waals surface area contributed by atoms with Crippen LogP contribution in [0.3, 0.4) is 0 Å². The average Bonchev–Trinajstić information content (AvgIpc) is 3.18. The molecule has 5 heteroatoms. The SMILES string of the molecule is COc1cc2c(cc1O)CCN(Cc1cccc(-n3cnc4ccccc43)c1)C2. The summed E-state index contributed by atoms with van der Waals surface area (Å²) in [6, 6.07) is 20.6. The van der Waals surface area contributed by atoms with E-state index in [1.54, 1.807) is 7.11 Å². The normalized spacial score (nSPS) is 14.1. The van der Waals surface area contributed by atoms with E-state index in [9.17, 15) is 5.11 Å². The Morgan fingerprint density at radius 3 is 2.83 bits per heavy atom. The molecule has 0 spiro atoms. The van der Waals surface area contributed by atoms with Crippen LogP contribution < -0.4 is 4.74 Å². The first-order valence-corrected chi connectivity index (χ1v) is 9.84. The Morgan fingerprint density at radius 2 is 1.93 bits per heavy atom. The largest absolute Gasteiger partial charge is 0.504 e. The van der Waals surface area contributed by atoms with Crippen LogP contribution in [0.2, 0.25) is 0 Å². The van der Waals surface area contributed by atoms with E-state index in [0.717, 1.165) is 42.8 Å². The molecule has 0 saturated heterocycles. The molecule has 2 heterocycles. The number of phenolic OH excluding ortho intramolecular Hbond substituents is 1. The second-order valence-corrected chi connectivity index (χ2v) is 7.53. The van der Waals surface area contributed by atoms with Crippen LogP contribution >= 0.6 is 0 Å². The van der Waals surface area contributed by atoms with Crippen molar-refractivity contribution in [3.05, 3.63) is 83.7 Å². The van der Waals surface area contributed by atoms with Crippen molar-refractivity contribution in [3.63, 3.8) is 0 Å². The standard InChI is InChI=1S/C24H23N3O2/c1-29-24-13-19-15-26(10-9-18(19)12-23(24)28)14-17-5-4-6-20(11-17)27-16-25-21-7-2-3-8-22(21)27/h2-8,11-13,16,28H,9-10,14-15H2,1H3. The molecule has 0 amide bonds. The van der Waals surface area contributed by atoms with Gasteiger partial charge in [-0.05, 0) is 59.5 Å². The van der Waals surface area contributed by atoms with Crippen molar-refractivity contribution >= 4 is 11.0 Å². The molecule has 5 nitrogen and oxygen atoms in total. The number of benzene rings is 3. The predicted octanol–water partition coefficient (Wildman–Crippen LogP) is 4.30. The Labute approximate surface area is 169 Å². The number of nitrogens with zero attached hydrogens (tertiary/aromatic N) is 3. The molecule has 1 N–H and O–H groups in total. The second-order valence-electron chi connectivity index (χ2n) is 7.53. The molecule has 5 rings (SSSR count). The first-order valence-electron chi connectivity index (χ1n) is 9.84. The summed E-state index contributed by atoms with van der Waals surface area (Å²) in [6.45, 7) is 2.70. The van der Waals surface area contributed by atoms with Gasteiger partial charge in [0.05, 0.1) is 18.1 Å². The van der Waals surface area contributed by atoms with Crippen LogP contribution in [0.1, 0.15) is 16.7 Å². The van der Waals surface area contributed by atoms with E-state index in [1.165, 1.54) is 16.7 Å². The Hall–Kier alpha value is -3.31. The van der Waals surface area contributed by atoms with E-state index in [0.29, 0.717) is 5.75 Å². The van der Waals surface area contributed by atoms with Crippen LogP contribution in [0.4, 0.5) is 0 Å². The summed E-state index contributed by atoms with van der Waals surface area (Å²) >= 11 is 0. The van der Waals surface area contributed by atoms with Gasteiger partial charge in [-0.15, -0.1) is 0 Å². The third-order valence-electron chi connectivity index (χ3n) is 5.64. The summed E-state index contributed by atoms with van der Waals surface area (Å²) < 4.78 is 7.42. The fourth-order valence-electron chi connectivity index (χ4n) is 4.16. The average molecular weight is 385 g/mol. The Kier molecular flexibility index (Phi) is 4.45. The summed E-state index contributed by atoms with van der Waals surface area (Å²) in [7, 11) is 1.59. The second kappa shape index (κ2) is 7.26. The Morgan fingerprint density at radius 1 is 1.03 bits per heavy atom. The third kappa shape index (κ3) is 3.34. The molecule has 4 aromatic rings. The number of methoxy groups -OCH3 is 1. The van der Waals surface area contributed by atoms with Gasteiger partial charge in [-0.1, -0.05) is 24.3 Å². The summed E-state index contributed by atoms with van der Waals surface area (Å²) in [6.07, 6.45) is 2.82. The molecule has 3 aromatic carbocycles. The molecule has 0 atom stereocenters. The van der Waals surface area contributed by atoms with Gasteiger partial charge in [-0.3, -0.25) is 9.47 Å². The molecule has 0 fully saturated rings. The minimum Gasteiger partial charge on any atom is -0.504 e. The molecule has 146 valence electrons. The van der Waals surface area contributed by atoms with E-state index in [4.69, 9.17) is 4.74 Å². The molecule has 0 radical (unpaired) electrons. The van der Waals surface area contributed by atoms with Crippen LogP contribution in [0, 0.1) is 0 Å². The first-order chi connectivity index (χ1) is 14.2. The fourth-order valence-corrected chi connectivity index (χ4v) is 4.16. The zero-order valence-electron chi connectivity index (χ0n) is 16.4. The van der Waals surface area contributed by atoms with Crippen LogP contribution in [-0.4, -0.2) is 33.2 Å². The van der Waals surface area contributed by atoms with Crippen LogP contribution in [-0.2, 0) is 19.5 Å². The fraction of sp³-hybridized carbons (Fsp3) is 0.208. The first kappa shape index (κ1) is 17.8. The Bertz CT molecular complexity index is 1180. The van der Waals surface area contributed by atoms with Crippen molar-refractivity contribution in [2.45, 2.75) is 19.5 Å². The van der Waals surface area contributed by atoms with E-state index in [2.05, 4.69) is 44.8 Å². The van der Waals surface area contributed by atoms with Gasteiger partial charge >= 0.3 is 0 Å². The highest BCUT2D eigenvalue weighted by molar-refractivity contribution is 5.77. The lowest BCUT2D eigenvalue weighted by molar-refractivity contribution is 0.244. The van der Waals surface area contributed by atoms with E-state index >= 15 is 0 Å². The van der Waals surface area contributed by atoms with E-state index in [1.807, 2.05) is 36.7 Å². The monoisotopic (exact) mass is 385 g/mol. The lowest BCUT2D eigenvalue weighted by atomic mass is 9.98. The number of imidazole rings is 1. The number of hydrogen-bond donors (Lipinski definition) is 1. The van der Waals surface area contributed by atoms with Crippen molar-refractivity contribution in [1.29, 1.82) is 0 Å². The maximum absolute atomic E-state index is 10.0. The minimum absolute atomic E-state index is 0.222. The van der Waals surface area contributed by atoms with Gasteiger partial charge in [-0.25, -0.2) is 4.98 Å². The zero-order valence-corrected chi connectivity index (χ0v) is 16.4. The maximum atomic E-state index is 10.0. The number of aromatic nitrogens is 2. The van der Waals surface area contributed by atoms with Crippen molar-refractivity contribution in [2.75, 3.05) is 13.7 Å². The zero-order chi connectivity index (χ0) is 19.8. The highest BCUT2D eigenvalue weighted by atomic mass is 16.5. The summed E-state index contributed by atoms with van der Waals surface area (Å²) in [4.78, 5) is 6.94. The van der Waals surface area contributed by atoms with Crippen LogP contribution in [0.15, 0.2) is 67.0 Å². The van der Waals surface area contributed by atoms with E-state index < -0.39 is 0 Å². The highest BCUT2D eigenvalue weighted by Crippen LogP contribution is 2.32. The van der Waals surface area contributed by atoms with Gasteiger partial charge < -0.3 is 9.84 Å². The summed E-state index contributed by atoms with van der Waals surface area (Å²) in [5, 5.41) is 10.0. The number of ether oxygens (including phenoxy) is 1. The van der Waals surface area contributed by atoms with Gasteiger partial charge in [-0.2, -0.15) is 0 Å². The highest BCUT2D eigenvalue weighted by Gasteiger charge is 2.19. The van der Waals surface area contributed by atoms with Gasteiger partial charge in [0.15, 0.2) is 11.5 Å². The number of fused-ring (bicyclic) bond motifs is 2. The summed E-state index contributed by atoms with van der Waals surface area (Å²) in [5.74, 6) is 0.763. The van der Waals surface area contributed by atoms with Gasteiger partial charge in [0.1, 0.15) is 6.33 Å². The number of para-hydroxylation sites is 2. The van der Waals surface area contributed by atoms with Crippen LogP contribution in [0.5, 0.6) is 11.5 Å². The smallest absolute Gasteiger partial charge is 0.160 e. The molecule has 0 aliphatic carbocycles. The van der Waals surface area contributed by atoms with E-state index in [-0.39, 0.29) is 5.75 Å². The predicted molar refractivity (Wildman–Crippen MR) is 114 cm³/mol. The lowest BCUT2D eigenvalue weighted by Gasteiger charge is -2.29. The van der Waals surface area contributed by atoms with Crippen molar-refractivity contribution in [2.24, 2.45) is 0 Å². The number of hydrogen-bond acceptors (Lipinski definition) is 4.